The fourth-order valence-corrected chi connectivity index (χ4v) is 4.28. The van der Waals surface area contributed by atoms with Crippen LogP contribution in [-0.2, 0) is 24.2 Å². The molecule has 0 saturated carbocycles. The Morgan fingerprint density at radius 2 is 1.60 bits per heavy atom. The third kappa shape index (κ3) is 5.67. The Morgan fingerprint density at radius 3 is 2.33 bits per heavy atom. The first kappa shape index (κ1) is 21.5. The highest BCUT2D eigenvalue weighted by atomic mass is 32.2. The van der Waals surface area contributed by atoms with E-state index >= 15 is 0 Å². The van der Waals surface area contributed by atoms with Gasteiger partial charge in [-0.15, -0.1) is 0 Å². The lowest BCUT2D eigenvalue weighted by Gasteiger charge is -2.14. The van der Waals surface area contributed by atoms with Crippen LogP contribution in [-0.4, -0.2) is 32.7 Å². The summed E-state index contributed by atoms with van der Waals surface area (Å²) < 4.78 is 30.0. The van der Waals surface area contributed by atoms with Crippen molar-refractivity contribution in [3.8, 4) is 0 Å². The third-order valence-corrected chi connectivity index (χ3v) is 6.41. The first-order valence-electron chi connectivity index (χ1n) is 9.57. The summed E-state index contributed by atoms with van der Waals surface area (Å²) in [7, 11) is -3.64. The number of ether oxygens (including phenoxy) is 1. The summed E-state index contributed by atoms with van der Waals surface area (Å²) in [5.74, 6) is -1.56. The number of esters is 1. The molecule has 156 valence electrons. The maximum absolute atomic E-state index is 12.5. The Hall–Kier alpha value is -3.19. The standard InChI is InChI=1S/C23H23NO5S/c1-17(18-7-3-2-4-8-18)24-22(25)16-29-23(26)13-14-30(27,28)21-12-11-19-9-5-6-10-20(19)15-21/h2-12,15,17H,13-14,16H2,1H3,(H,24,25)/t17-/m0/s1. The SMILES string of the molecule is C[C@H](NC(=O)COC(=O)CCS(=O)(=O)c1ccc2ccccc2c1)c1ccccc1. The Morgan fingerprint density at radius 1 is 0.933 bits per heavy atom. The van der Waals surface area contributed by atoms with Crippen LogP contribution in [0.1, 0.15) is 24.9 Å². The molecule has 0 aromatic heterocycles. The second-order valence-electron chi connectivity index (χ2n) is 6.94. The van der Waals surface area contributed by atoms with Crippen molar-refractivity contribution in [3.05, 3.63) is 78.4 Å². The maximum atomic E-state index is 12.5. The van der Waals surface area contributed by atoms with Crippen molar-refractivity contribution in [3.63, 3.8) is 0 Å². The molecule has 0 radical (unpaired) electrons. The number of nitrogens with one attached hydrogen (secondary N) is 1. The van der Waals surface area contributed by atoms with Crippen molar-refractivity contribution in [2.45, 2.75) is 24.3 Å². The summed E-state index contributed by atoms with van der Waals surface area (Å²) in [5, 5.41) is 4.48. The highest BCUT2D eigenvalue weighted by Crippen LogP contribution is 2.20. The van der Waals surface area contributed by atoms with E-state index in [1.807, 2.05) is 61.5 Å². The number of carbonyl (C=O) groups excluding carboxylic acids is 2. The van der Waals surface area contributed by atoms with Gasteiger partial charge in [-0.25, -0.2) is 8.42 Å². The molecule has 0 unspecified atom stereocenters. The lowest BCUT2D eigenvalue weighted by Crippen LogP contribution is -2.31. The molecule has 0 spiro atoms. The van der Waals surface area contributed by atoms with Crippen LogP contribution in [0.3, 0.4) is 0 Å². The van der Waals surface area contributed by atoms with Crippen molar-refractivity contribution in [2.24, 2.45) is 0 Å². The van der Waals surface area contributed by atoms with E-state index in [4.69, 9.17) is 4.74 Å². The summed E-state index contributed by atoms with van der Waals surface area (Å²) in [6.45, 7) is 1.37. The molecule has 1 atom stereocenters. The summed E-state index contributed by atoms with van der Waals surface area (Å²) in [4.78, 5) is 24.1. The molecular weight excluding hydrogens is 402 g/mol. The Kier molecular flexibility index (Phi) is 6.84. The van der Waals surface area contributed by atoms with Crippen molar-refractivity contribution < 1.29 is 22.7 Å². The topological polar surface area (TPSA) is 89.5 Å². The molecule has 6 nitrogen and oxygen atoms in total. The first-order valence-corrected chi connectivity index (χ1v) is 11.2. The van der Waals surface area contributed by atoms with Gasteiger partial charge >= 0.3 is 5.97 Å². The minimum atomic E-state index is -3.64. The largest absolute Gasteiger partial charge is 0.456 e. The third-order valence-electron chi connectivity index (χ3n) is 4.70. The van der Waals surface area contributed by atoms with Crippen molar-refractivity contribution in [1.82, 2.24) is 5.32 Å². The summed E-state index contributed by atoms with van der Waals surface area (Å²) in [6.07, 6.45) is -0.323. The molecule has 30 heavy (non-hydrogen) atoms. The smallest absolute Gasteiger partial charge is 0.307 e. The van der Waals surface area contributed by atoms with Crippen LogP contribution in [0.5, 0.6) is 0 Å². The molecule has 0 fully saturated rings. The summed E-state index contributed by atoms with van der Waals surface area (Å²) in [5.41, 5.74) is 0.929. The van der Waals surface area contributed by atoms with E-state index < -0.39 is 28.3 Å². The van der Waals surface area contributed by atoms with Crippen molar-refractivity contribution in [1.29, 1.82) is 0 Å². The molecule has 0 saturated heterocycles. The molecule has 3 aromatic carbocycles. The van der Waals surface area contributed by atoms with Gasteiger partial charge in [0.1, 0.15) is 0 Å². The molecule has 0 aliphatic rings. The van der Waals surface area contributed by atoms with Crippen LogP contribution >= 0.6 is 0 Å². The zero-order valence-corrected chi connectivity index (χ0v) is 17.4. The van der Waals surface area contributed by atoms with E-state index in [0.29, 0.717) is 0 Å². The average molecular weight is 426 g/mol. The number of rotatable bonds is 8. The van der Waals surface area contributed by atoms with E-state index in [1.165, 1.54) is 6.07 Å². The molecule has 3 aromatic rings. The Labute approximate surface area is 175 Å². The molecule has 3 rings (SSSR count). The quantitative estimate of drug-likeness (QED) is 0.559. The highest BCUT2D eigenvalue weighted by Gasteiger charge is 2.18. The van der Waals surface area contributed by atoms with E-state index in [2.05, 4.69) is 5.32 Å². The van der Waals surface area contributed by atoms with Gasteiger partial charge in [-0.1, -0.05) is 60.7 Å². The lowest BCUT2D eigenvalue weighted by molar-refractivity contribution is -0.148. The monoisotopic (exact) mass is 425 g/mol. The van der Waals surface area contributed by atoms with Gasteiger partial charge in [0, 0.05) is 0 Å². The van der Waals surface area contributed by atoms with Gasteiger partial charge < -0.3 is 10.1 Å². The molecule has 1 amide bonds. The minimum absolute atomic E-state index is 0.156. The number of carbonyl (C=O) groups is 2. The highest BCUT2D eigenvalue weighted by molar-refractivity contribution is 7.91. The van der Waals surface area contributed by atoms with Gasteiger partial charge in [0.2, 0.25) is 0 Å². The zero-order chi connectivity index (χ0) is 21.6. The Bertz CT molecular complexity index is 1140. The van der Waals surface area contributed by atoms with Gasteiger partial charge in [-0.05, 0) is 35.4 Å². The van der Waals surface area contributed by atoms with E-state index in [1.54, 1.807) is 12.1 Å². The van der Waals surface area contributed by atoms with Crippen LogP contribution < -0.4 is 5.32 Å². The normalized spacial score (nSPS) is 12.3. The second kappa shape index (κ2) is 9.54. The second-order valence-corrected chi connectivity index (χ2v) is 9.05. The Balaban J connectivity index is 1.49. The molecule has 0 aliphatic carbocycles. The lowest BCUT2D eigenvalue weighted by atomic mass is 10.1. The van der Waals surface area contributed by atoms with E-state index in [-0.39, 0.29) is 23.1 Å². The van der Waals surface area contributed by atoms with Crippen LogP contribution in [0.15, 0.2) is 77.7 Å². The number of sulfone groups is 1. The predicted molar refractivity (Wildman–Crippen MR) is 115 cm³/mol. The molecule has 0 bridgehead atoms. The van der Waals surface area contributed by atoms with Crippen LogP contribution in [0.2, 0.25) is 0 Å². The van der Waals surface area contributed by atoms with Crippen LogP contribution in [0.4, 0.5) is 0 Å². The van der Waals surface area contributed by atoms with Gasteiger partial charge in [0.05, 0.1) is 23.1 Å². The number of amides is 1. The summed E-state index contributed by atoms with van der Waals surface area (Å²) >= 11 is 0. The van der Waals surface area contributed by atoms with E-state index in [0.717, 1.165) is 16.3 Å². The molecule has 0 heterocycles. The average Bonchev–Trinajstić information content (AvgIpc) is 2.76. The van der Waals surface area contributed by atoms with Crippen molar-refractivity contribution >= 4 is 32.5 Å². The first-order chi connectivity index (χ1) is 14.3. The fourth-order valence-electron chi connectivity index (χ4n) is 3.02. The molecule has 0 aliphatic heterocycles. The van der Waals surface area contributed by atoms with Gasteiger partial charge in [-0.3, -0.25) is 9.59 Å². The van der Waals surface area contributed by atoms with E-state index in [9.17, 15) is 18.0 Å². The van der Waals surface area contributed by atoms with Gasteiger partial charge in [0.15, 0.2) is 16.4 Å². The van der Waals surface area contributed by atoms with Crippen LogP contribution in [0.25, 0.3) is 10.8 Å². The fraction of sp³-hybridized carbons (Fsp3) is 0.217. The minimum Gasteiger partial charge on any atom is -0.456 e. The van der Waals surface area contributed by atoms with Gasteiger partial charge in [-0.2, -0.15) is 0 Å². The molecule has 1 N–H and O–H groups in total. The summed E-state index contributed by atoms with van der Waals surface area (Å²) in [6, 6.07) is 21.4. The molecule has 7 heteroatoms. The van der Waals surface area contributed by atoms with Gasteiger partial charge in [0.25, 0.3) is 5.91 Å². The number of hydrogen-bond donors (Lipinski definition) is 1. The molecular formula is C23H23NO5S. The number of fused-ring (bicyclic) bond motifs is 1. The number of benzene rings is 3. The predicted octanol–water partition coefficient (Wildman–Crippen LogP) is 3.42. The van der Waals surface area contributed by atoms with Crippen molar-refractivity contribution in [2.75, 3.05) is 12.4 Å². The number of hydrogen-bond acceptors (Lipinski definition) is 5. The maximum Gasteiger partial charge on any atom is 0.307 e. The zero-order valence-electron chi connectivity index (χ0n) is 16.6. The van der Waals surface area contributed by atoms with Crippen LogP contribution in [0, 0.1) is 0 Å².